The van der Waals surface area contributed by atoms with Crippen molar-refractivity contribution in [2.45, 2.75) is 20.0 Å². The second kappa shape index (κ2) is 6.65. The first-order valence-electron chi connectivity index (χ1n) is 6.07. The summed E-state index contributed by atoms with van der Waals surface area (Å²) >= 11 is 0. The number of hydrogen-bond donors (Lipinski definition) is 0. The molecule has 1 aromatic rings. The summed E-state index contributed by atoms with van der Waals surface area (Å²) < 4.78 is 43.6. The van der Waals surface area contributed by atoms with Gasteiger partial charge in [-0.15, -0.1) is 0 Å². The van der Waals surface area contributed by atoms with E-state index < -0.39 is 34.8 Å². The Labute approximate surface area is 114 Å². The smallest absolute Gasteiger partial charge is 0.381 e. The van der Waals surface area contributed by atoms with Crippen LogP contribution in [0, 0.1) is 5.92 Å². The minimum atomic E-state index is -4.64. The summed E-state index contributed by atoms with van der Waals surface area (Å²) in [4.78, 5) is 23.6. The normalized spacial score (nSPS) is 13.1. The van der Waals surface area contributed by atoms with Crippen molar-refractivity contribution in [2.24, 2.45) is 5.92 Å². The first-order valence-corrected chi connectivity index (χ1v) is 6.07. The van der Waals surface area contributed by atoms with Gasteiger partial charge in [-0.1, -0.05) is 18.2 Å². The van der Waals surface area contributed by atoms with E-state index >= 15 is 0 Å². The van der Waals surface area contributed by atoms with Crippen molar-refractivity contribution < 1.29 is 27.5 Å². The van der Waals surface area contributed by atoms with Gasteiger partial charge in [0, 0.05) is 12.2 Å². The average molecular weight is 288 g/mol. The third kappa shape index (κ3) is 3.90. The Hall–Kier alpha value is -1.69. The van der Waals surface area contributed by atoms with E-state index in [1.54, 1.807) is 6.92 Å². The maximum Gasteiger partial charge on any atom is 0.417 e. The van der Waals surface area contributed by atoms with Crippen LogP contribution in [0.4, 0.5) is 13.2 Å². The number of carbonyl (C=O) groups is 2. The third-order valence-electron chi connectivity index (χ3n) is 2.79. The van der Waals surface area contributed by atoms with E-state index in [9.17, 15) is 22.8 Å². The van der Waals surface area contributed by atoms with Gasteiger partial charge < -0.3 is 4.74 Å². The second-order valence-corrected chi connectivity index (χ2v) is 4.23. The van der Waals surface area contributed by atoms with Crippen LogP contribution in [0.1, 0.15) is 29.8 Å². The van der Waals surface area contributed by atoms with Crippen LogP contribution in [0.3, 0.4) is 0 Å². The van der Waals surface area contributed by atoms with E-state index in [0.717, 1.165) is 19.1 Å². The van der Waals surface area contributed by atoms with E-state index in [1.807, 2.05) is 0 Å². The summed E-state index contributed by atoms with van der Waals surface area (Å²) in [5.41, 5.74) is -1.53. The molecule has 0 spiro atoms. The zero-order valence-corrected chi connectivity index (χ0v) is 11.2. The Bertz CT molecular complexity index is 495. The molecule has 110 valence electrons. The molecule has 0 fully saturated rings. The summed E-state index contributed by atoms with van der Waals surface area (Å²) in [7, 11) is 0. The van der Waals surface area contributed by atoms with Crippen LogP contribution in [0.15, 0.2) is 24.3 Å². The highest BCUT2D eigenvalue weighted by atomic mass is 19.4. The fourth-order valence-corrected chi connectivity index (χ4v) is 1.75. The molecule has 1 aromatic carbocycles. The molecular weight excluding hydrogens is 273 g/mol. The lowest BCUT2D eigenvalue weighted by Crippen LogP contribution is -2.29. The first-order chi connectivity index (χ1) is 9.29. The topological polar surface area (TPSA) is 43.4 Å². The van der Waals surface area contributed by atoms with Crippen molar-refractivity contribution in [3.05, 3.63) is 35.4 Å². The van der Waals surface area contributed by atoms with Gasteiger partial charge in [-0.3, -0.25) is 9.59 Å². The summed E-state index contributed by atoms with van der Waals surface area (Å²) in [5.74, 6) is -2.59. The molecule has 0 aliphatic carbocycles. The van der Waals surface area contributed by atoms with Crippen molar-refractivity contribution in [3.8, 4) is 0 Å². The number of ketones is 2. The van der Waals surface area contributed by atoms with Crippen molar-refractivity contribution in [2.75, 3.05) is 13.2 Å². The van der Waals surface area contributed by atoms with E-state index in [-0.39, 0.29) is 13.2 Å². The SMILES string of the molecule is CCOCC(C(C)=O)C(=O)c1ccccc1C(F)(F)F. The van der Waals surface area contributed by atoms with E-state index in [2.05, 4.69) is 0 Å². The minimum Gasteiger partial charge on any atom is -0.381 e. The Balaban J connectivity index is 3.16. The fraction of sp³-hybridized carbons (Fsp3) is 0.429. The molecule has 1 unspecified atom stereocenters. The predicted molar refractivity (Wildman–Crippen MR) is 66.4 cm³/mol. The fourth-order valence-electron chi connectivity index (χ4n) is 1.75. The minimum absolute atomic E-state index is 0.211. The Morgan fingerprint density at radius 3 is 2.35 bits per heavy atom. The molecule has 1 atom stereocenters. The van der Waals surface area contributed by atoms with Gasteiger partial charge in [-0.05, 0) is 19.9 Å². The van der Waals surface area contributed by atoms with Gasteiger partial charge in [-0.25, -0.2) is 0 Å². The second-order valence-electron chi connectivity index (χ2n) is 4.23. The third-order valence-corrected chi connectivity index (χ3v) is 2.79. The monoisotopic (exact) mass is 288 g/mol. The summed E-state index contributed by atoms with van der Waals surface area (Å²) in [6.07, 6.45) is -4.64. The van der Waals surface area contributed by atoms with Crippen LogP contribution in [0.5, 0.6) is 0 Å². The van der Waals surface area contributed by atoms with E-state index in [1.165, 1.54) is 12.1 Å². The van der Waals surface area contributed by atoms with Crippen LogP contribution in [0.25, 0.3) is 0 Å². The first kappa shape index (κ1) is 16.4. The molecule has 1 rings (SSSR count). The van der Waals surface area contributed by atoms with Gasteiger partial charge in [0.2, 0.25) is 0 Å². The molecular formula is C14H15F3O3. The predicted octanol–water partition coefficient (Wildman–Crippen LogP) is 3.13. The number of halogens is 3. The molecule has 0 aliphatic rings. The van der Waals surface area contributed by atoms with Crippen molar-refractivity contribution >= 4 is 11.6 Å². The van der Waals surface area contributed by atoms with E-state index in [0.29, 0.717) is 0 Å². The van der Waals surface area contributed by atoms with Crippen LogP contribution in [-0.4, -0.2) is 24.8 Å². The summed E-state index contributed by atoms with van der Waals surface area (Å²) in [5, 5.41) is 0. The highest BCUT2D eigenvalue weighted by molar-refractivity contribution is 6.11. The molecule has 0 heterocycles. The molecule has 0 aromatic heterocycles. The van der Waals surface area contributed by atoms with Gasteiger partial charge in [-0.2, -0.15) is 13.2 Å². The van der Waals surface area contributed by atoms with E-state index in [4.69, 9.17) is 4.74 Å². The van der Waals surface area contributed by atoms with Crippen LogP contribution in [-0.2, 0) is 15.7 Å². The molecule has 0 aliphatic heterocycles. The van der Waals surface area contributed by atoms with Gasteiger partial charge in [0.05, 0.1) is 12.2 Å². The molecule has 0 amide bonds. The number of rotatable bonds is 6. The lowest BCUT2D eigenvalue weighted by atomic mass is 9.92. The molecule has 0 radical (unpaired) electrons. The molecule has 20 heavy (non-hydrogen) atoms. The molecule has 0 N–H and O–H groups in total. The van der Waals surface area contributed by atoms with Gasteiger partial charge in [0.1, 0.15) is 11.7 Å². The molecule has 0 bridgehead atoms. The lowest BCUT2D eigenvalue weighted by molar-refractivity contribution is -0.138. The number of carbonyl (C=O) groups excluding carboxylic acids is 2. The Morgan fingerprint density at radius 2 is 1.85 bits per heavy atom. The maximum absolute atomic E-state index is 12.9. The van der Waals surface area contributed by atoms with Crippen LogP contribution < -0.4 is 0 Å². The number of alkyl halides is 3. The maximum atomic E-state index is 12.9. The zero-order valence-electron chi connectivity index (χ0n) is 11.2. The van der Waals surface area contributed by atoms with Gasteiger partial charge >= 0.3 is 6.18 Å². The number of benzene rings is 1. The molecule has 0 saturated heterocycles. The number of hydrogen-bond acceptors (Lipinski definition) is 3. The van der Waals surface area contributed by atoms with Crippen molar-refractivity contribution in [1.29, 1.82) is 0 Å². The zero-order chi connectivity index (χ0) is 15.3. The highest BCUT2D eigenvalue weighted by Crippen LogP contribution is 2.33. The molecule has 3 nitrogen and oxygen atoms in total. The number of Topliss-reactive ketones (excluding diaryl/α,β-unsaturated/α-hetero) is 2. The van der Waals surface area contributed by atoms with Crippen LogP contribution >= 0.6 is 0 Å². The van der Waals surface area contributed by atoms with Gasteiger partial charge in [0.25, 0.3) is 0 Å². The quantitative estimate of drug-likeness (QED) is 0.596. The molecule has 0 saturated carbocycles. The standard InChI is InChI=1S/C14H15F3O3/c1-3-20-8-11(9(2)18)13(19)10-6-4-5-7-12(10)14(15,16)17/h4-7,11H,3,8H2,1-2H3. The summed E-state index contributed by atoms with van der Waals surface area (Å²) in [6, 6.07) is 4.43. The Morgan fingerprint density at radius 1 is 1.25 bits per heavy atom. The molecule has 6 heteroatoms. The highest BCUT2D eigenvalue weighted by Gasteiger charge is 2.37. The summed E-state index contributed by atoms with van der Waals surface area (Å²) in [6.45, 7) is 2.90. The van der Waals surface area contributed by atoms with Crippen molar-refractivity contribution in [3.63, 3.8) is 0 Å². The van der Waals surface area contributed by atoms with Crippen molar-refractivity contribution in [1.82, 2.24) is 0 Å². The Kier molecular flexibility index (Phi) is 5.44. The number of ether oxygens (including phenoxy) is 1. The largest absolute Gasteiger partial charge is 0.417 e. The lowest BCUT2D eigenvalue weighted by Gasteiger charge is -2.16. The van der Waals surface area contributed by atoms with Gasteiger partial charge in [0.15, 0.2) is 5.78 Å². The average Bonchev–Trinajstić information content (AvgIpc) is 2.37. The van der Waals surface area contributed by atoms with Crippen LogP contribution in [0.2, 0.25) is 0 Å².